The average Bonchev–Trinajstić information content (AvgIpc) is 2.52. The molecule has 0 aromatic rings. The lowest BCUT2D eigenvalue weighted by Crippen LogP contribution is -2.15. The molecule has 130 valence electrons. The van der Waals surface area contributed by atoms with Crippen molar-refractivity contribution in [1.29, 1.82) is 0 Å². The number of hydrogen-bond donors (Lipinski definition) is 0. The van der Waals surface area contributed by atoms with Crippen LogP contribution in [0.5, 0.6) is 0 Å². The maximum absolute atomic E-state index is 11.4. The van der Waals surface area contributed by atoms with E-state index in [-0.39, 0.29) is 26.1 Å². The molecule has 0 heterocycles. The highest BCUT2D eigenvalue weighted by molar-refractivity contribution is 5.77. The van der Waals surface area contributed by atoms with Crippen LogP contribution in [0.3, 0.4) is 0 Å². The zero-order chi connectivity index (χ0) is 16.5. The van der Waals surface area contributed by atoms with Gasteiger partial charge < -0.3 is 18.9 Å². The second-order valence-corrected chi connectivity index (χ2v) is 4.87. The highest BCUT2D eigenvalue weighted by atomic mass is 16.6. The summed E-state index contributed by atoms with van der Waals surface area (Å²) >= 11 is 0. The van der Waals surface area contributed by atoms with Gasteiger partial charge >= 0.3 is 11.9 Å². The van der Waals surface area contributed by atoms with E-state index in [4.69, 9.17) is 18.9 Å². The van der Waals surface area contributed by atoms with Gasteiger partial charge in [-0.05, 0) is 12.8 Å². The average molecular weight is 318 g/mol. The predicted molar refractivity (Wildman–Crippen MR) is 82.6 cm³/mol. The molecule has 0 unspecified atom stereocenters. The first-order valence-electron chi connectivity index (χ1n) is 8.17. The molecule has 0 atom stereocenters. The molecule has 0 N–H and O–H groups in total. The minimum absolute atomic E-state index is 0.0322. The fourth-order valence-corrected chi connectivity index (χ4v) is 1.47. The van der Waals surface area contributed by atoms with Crippen molar-refractivity contribution in [2.75, 3.05) is 39.6 Å². The lowest BCUT2D eigenvalue weighted by atomic mass is 10.3. The quantitative estimate of drug-likeness (QED) is 0.341. The van der Waals surface area contributed by atoms with E-state index >= 15 is 0 Å². The summed E-state index contributed by atoms with van der Waals surface area (Å²) < 4.78 is 20.4. The lowest BCUT2D eigenvalue weighted by molar-refractivity contribution is -0.151. The summed E-state index contributed by atoms with van der Waals surface area (Å²) in [4.78, 5) is 22.7. The lowest BCUT2D eigenvalue weighted by Gasteiger charge is -2.07. The largest absolute Gasteiger partial charge is 0.463 e. The van der Waals surface area contributed by atoms with Gasteiger partial charge in [-0.2, -0.15) is 0 Å². The molecule has 0 rings (SSSR count). The van der Waals surface area contributed by atoms with Crippen molar-refractivity contribution in [3.63, 3.8) is 0 Å². The Bertz CT molecular complexity index is 252. The number of ether oxygens (including phenoxy) is 4. The minimum Gasteiger partial charge on any atom is -0.463 e. The molecular formula is C16H30O6. The van der Waals surface area contributed by atoms with Crippen LogP contribution >= 0.6 is 0 Å². The van der Waals surface area contributed by atoms with Crippen molar-refractivity contribution in [3.8, 4) is 0 Å². The molecule has 6 nitrogen and oxygen atoms in total. The van der Waals surface area contributed by atoms with Crippen molar-refractivity contribution < 1.29 is 28.5 Å². The van der Waals surface area contributed by atoms with Crippen molar-refractivity contribution in [1.82, 2.24) is 0 Å². The van der Waals surface area contributed by atoms with Gasteiger partial charge in [0.2, 0.25) is 0 Å². The fraction of sp³-hybridized carbons (Fsp3) is 0.875. The Morgan fingerprint density at radius 1 is 0.636 bits per heavy atom. The first-order valence-corrected chi connectivity index (χ1v) is 8.17. The molecule has 6 heteroatoms. The molecule has 0 aromatic carbocycles. The van der Waals surface area contributed by atoms with Gasteiger partial charge in [0.1, 0.15) is 13.2 Å². The summed E-state index contributed by atoms with van der Waals surface area (Å²) in [5.74, 6) is -0.814. The molecule has 0 amide bonds. The van der Waals surface area contributed by atoms with Crippen LogP contribution in [0.1, 0.15) is 52.4 Å². The van der Waals surface area contributed by atoms with Gasteiger partial charge in [0.05, 0.1) is 26.1 Å². The van der Waals surface area contributed by atoms with Gasteiger partial charge in [-0.3, -0.25) is 9.59 Å². The topological polar surface area (TPSA) is 71.1 Å². The maximum Gasteiger partial charge on any atom is 0.306 e. The van der Waals surface area contributed by atoms with Crippen LogP contribution in [-0.4, -0.2) is 51.6 Å². The smallest absolute Gasteiger partial charge is 0.306 e. The fourth-order valence-electron chi connectivity index (χ4n) is 1.47. The van der Waals surface area contributed by atoms with Crippen LogP contribution in [-0.2, 0) is 28.5 Å². The van der Waals surface area contributed by atoms with E-state index in [1.54, 1.807) is 0 Å². The summed E-state index contributed by atoms with van der Waals surface area (Å²) in [6, 6.07) is 0. The van der Waals surface area contributed by atoms with Crippen molar-refractivity contribution >= 4 is 11.9 Å². The third kappa shape index (κ3) is 15.3. The van der Waals surface area contributed by atoms with Gasteiger partial charge in [0.25, 0.3) is 0 Å². The Kier molecular flexibility index (Phi) is 15.4. The molecule has 22 heavy (non-hydrogen) atoms. The molecule has 0 aliphatic carbocycles. The predicted octanol–water partition coefficient (Wildman–Crippen LogP) is 2.49. The zero-order valence-electron chi connectivity index (χ0n) is 13.9. The van der Waals surface area contributed by atoms with Crippen LogP contribution in [0, 0.1) is 0 Å². The molecule has 0 aromatic heterocycles. The van der Waals surface area contributed by atoms with Crippen LogP contribution in [0.15, 0.2) is 0 Å². The number of hydrogen-bond acceptors (Lipinski definition) is 6. The van der Waals surface area contributed by atoms with E-state index in [1.807, 2.05) is 0 Å². The van der Waals surface area contributed by atoms with E-state index in [1.165, 1.54) is 0 Å². The first kappa shape index (κ1) is 20.9. The number of carbonyl (C=O) groups excluding carboxylic acids is 2. The summed E-state index contributed by atoms with van der Waals surface area (Å²) in [5, 5.41) is 0. The van der Waals surface area contributed by atoms with Crippen molar-refractivity contribution in [3.05, 3.63) is 0 Å². The van der Waals surface area contributed by atoms with E-state index in [0.29, 0.717) is 26.4 Å². The van der Waals surface area contributed by atoms with Gasteiger partial charge in [0, 0.05) is 13.2 Å². The zero-order valence-corrected chi connectivity index (χ0v) is 13.9. The van der Waals surface area contributed by atoms with E-state index in [0.717, 1.165) is 25.7 Å². The normalized spacial score (nSPS) is 10.5. The molecule has 0 aliphatic heterocycles. The number of rotatable bonds is 15. The third-order valence-electron chi connectivity index (χ3n) is 2.80. The van der Waals surface area contributed by atoms with Gasteiger partial charge in [-0.25, -0.2) is 0 Å². The molecule has 0 spiro atoms. The molecule has 0 fully saturated rings. The summed E-state index contributed by atoms with van der Waals surface area (Å²) in [5.41, 5.74) is 0. The van der Waals surface area contributed by atoms with Gasteiger partial charge in [-0.15, -0.1) is 0 Å². The number of unbranched alkanes of at least 4 members (excludes halogenated alkanes) is 2. The van der Waals surface area contributed by atoms with Gasteiger partial charge in [0.15, 0.2) is 0 Å². The van der Waals surface area contributed by atoms with E-state index in [9.17, 15) is 9.59 Å². The second-order valence-electron chi connectivity index (χ2n) is 4.87. The van der Waals surface area contributed by atoms with E-state index < -0.39 is 11.9 Å². The Morgan fingerprint density at radius 2 is 1.05 bits per heavy atom. The Balaban J connectivity index is 3.36. The second kappa shape index (κ2) is 16.2. The van der Waals surface area contributed by atoms with Crippen LogP contribution in [0.2, 0.25) is 0 Å². The standard InChI is InChI=1S/C16H30O6/c1-3-5-9-19-11-13-21-15(17)7-8-16(18)22-14-12-20-10-6-4-2/h3-14H2,1-2H3. The Labute approximate surface area is 133 Å². The van der Waals surface area contributed by atoms with Gasteiger partial charge in [-0.1, -0.05) is 26.7 Å². The van der Waals surface area contributed by atoms with Crippen molar-refractivity contribution in [2.24, 2.45) is 0 Å². The summed E-state index contributed by atoms with van der Waals surface area (Å²) in [7, 11) is 0. The molecule has 0 saturated carbocycles. The number of esters is 2. The number of carbonyl (C=O) groups is 2. The minimum atomic E-state index is -0.407. The molecule has 0 bridgehead atoms. The highest BCUT2D eigenvalue weighted by Crippen LogP contribution is 1.97. The summed E-state index contributed by atoms with van der Waals surface area (Å²) in [6.45, 7) is 6.77. The molecule has 0 saturated heterocycles. The van der Waals surface area contributed by atoms with Crippen LogP contribution in [0.4, 0.5) is 0 Å². The highest BCUT2D eigenvalue weighted by Gasteiger charge is 2.09. The third-order valence-corrected chi connectivity index (χ3v) is 2.80. The Hall–Kier alpha value is -1.14. The summed E-state index contributed by atoms with van der Waals surface area (Å²) in [6.07, 6.45) is 4.22. The Morgan fingerprint density at radius 3 is 1.41 bits per heavy atom. The molecule has 0 aliphatic rings. The van der Waals surface area contributed by atoms with Crippen molar-refractivity contribution in [2.45, 2.75) is 52.4 Å². The van der Waals surface area contributed by atoms with Crippen LogP contribution < -0.4 is 0 Å². The maximum atomic E-state index is 11.4. The SMILES string of the molecule is CCCCOCCOC(=O)CCC(=O)OCCOCCCC. The molecular weight excluding hydrogens is 288 g/mol. The monoisotopic (exact) mass is 318 g/mol. The van der Waals surface area contributed by atoms with Crippen LogP contribution in [0.25, 0.3) is 0 Å². The molecule has 0 radical (unpaired) electrons. The first-order chi connectivity index (χ1) is 10.7. The van der Waals surface area contributed by atoms with E-state index in [2.05, 4.69) is 13.8 Å².